The van der Waals surface area contributed by atoms with Gasteiger partial charge in [-0.1, -0.05) is 17.7 Å². The van der Waals surface area contributed by atoms with Crippen LogP contribution in [0.3, 0.4) is 0 Å². The average molecular weight is 440 g/mol. The molecule has 0 saturated carbocycles. The molecule has 1 aliphatic heterocycles. The first-order chi connectivity index (χ1) is 14.5. The van der Waals surface area contributed by atoms with Gasteiger partial charge in [-0.2, -0.15) is 8.78 Å². The van der Waals surface area contributed by atoms with E-state index in [0.29, 0.717) is 48.3 Å². The quantitative estimate of drug-likeness (QED) is 0.627. The van der Waals surface area contributed by atoms with E-state index in [1.54, 1.807) is 30.3 Å². The highest BCUT2D eigenvalue weighted by molar-refractivity contribution is 6.32. The highest BCUT2D eigenvalue weighted by atomic mass is 35.5. The van der Waals surface area contributed by atoms with Crippen LogP contribution in [0.2, 0.25) is 5.02 Å². The minimum absolute atomic E-state index is 0.0405. The van der Waals surface area contributed by atoms with Crippen LogP contribution in [0.4, 0.5) is 8.78 Å². The molecule has 0 aromatic heterocycles. The molecular weight excluding hydrogens is 420 g/mol. The third-order valence-corrected chi connectivity index (χ3v) is 4.48. The molecule has 0 unspecified atom stereocenters. The number of benzene rings is 2. The molecule has 0 radical (unpaired) electrons. The molecule has 0 saturated heterocycles. The van der Waals surface area contributed by atoms with Crippen molar-refractivity contribution in [3.63, 3.8) is 0 Å². The van der Waals surface area contributed by atoms with Crippen LogP contribution in [0.15, 0.2) is 36.4 Å². The van der Waals surface area contributed by atoms with Crippen molar-refractivity contribution >= 4 is 23.6 Å². The zero-order valence-corrected chi connectivity index (χ0v) is 16.9. The van der Waals surface area contributed by atoms with Gasteiger partial charge in [0.2, 0.25) is 5.91 Å². The number of nitrogens with one attached hydrogen (secondary N) is 1. The summed E-state index contributed by atoms with van der Waals surface area (Å²) in [6, 6.07) is 8.08. The molecular formula is C21H20ClF2NO5. The number of carbonyl (C=O) groups is 1. The first kappa shape index (κ1) is 21.7. The summed E-state index contributed by atoms with van der Waals surface area (Å²) in [5.41, 5.74) is 1.51. The van der Waals surface area contributed by atoms with Crippen molar-refractivity contribution in [3.05, 3.63) is 52.6 Å². The summed E-state index contributed by atoms with van der Waals surface area (Å²) in [6.07, 6.45) is 3.50. The van der Waals surface area contributed by atoms with Crippen LogP contribution in [-0.2, 0) is 11.2 Å². The Labute approximate surface area is 177 Å². The van der Waals surface area contributed by atoms with E-state index in [1.165, 1.54) is 19.3 Å². The highest BCUT2D eigenvalue weighted by Gasteiger charge is 2.16. The number of amides is 1. The van der Waals surface area contributed by atoms with E-state index in [4.69, 9.17) is 25.8 Å². The Morgan fingerprint density at radius 1 is 1.23 bits per heavy atom. The molecule has 2 aromatic rings. The van der Waals surface area contributed by atoms with Crippen LogP contribution in [0, 0.1) is 0 Å². The van der Waals surface area contributed by atoms with Crippen LogP contribution in [0.25, 0.3) is 6.08 Å². The minimum atomic E-state index is -2.93. The minimum Gasteiger partial charge on any atom is -0.493 e. The second kappa shape index (κ2) is 10.2. The molecule has 3 rings (SSSR count). The predicted molar refractivity (Wildman–Crippen MR) is 108 cm³/mol. The fourth-order valence-electron chi connectivity index (χ4n) is 2.85. The van der Waals surface area contributed by atoms with Crippen molar-refractivity contribution in [3.8, 4) is 23.0 Å². The Bertz CT molecular complexity index is 936. The molecule has 1 heterocycles. The molecule has 0 fully saturated rings. The van der Waals surface area contributed by atoms with Crippen molar-refractivity contribution in [2.75, 3.05) is 26.9 Å². The summed E-state index contributed by atoms with van der Waals surface area (Å²) in [6.45, 7) is -1.70. The molecule has 1 N–H and O–H groups in total. The summed E-state index contributed by atoms with van der Waals surface area (Å²) >= 11 is 6.18. The number of carbonyl (C=O) groups excluding carboxylic acids is 1. The van der Waals surface area contributed by atoms with Gasteiger partial charge in [-0.05, 0) is 47.9 Å². The third kappa shape index (κ3) is 5.76. The number of hydrogen-bond donors (Lipinski definition) is 1. The first-order valence-corrected chi connectivity index (χ1v) is 9.51. The van der Waals surface area contributed by atoms with Crippen molar-refractivity contribution in [1.82, 2.24) is 5.32 Å². The summed E-state index contributed by atoms with van der Waals surface area (Å²) in [5.74, 6) is 0.924. The van der Waals surface area contributed by atoms with Crippen LogP contribution >= 0.6 is 11.6 Å². The molecule has 1 aliphatic rings. The topological polar surface area (TPSA) is 66.0 Å². The number of ether oxygens (including phenoxy) is 4. The number of alkyl halides is 2. The zero-order chi connectivity index (χ0) is 21.5. The van der Waals surface area contributed by atoms with E-state index in [9.17, 15) is 13.6 Å². The molecule has 0 bridgehead atoms. The maximum Gasteiger partial charge on any atom is 0.387 e. The number of rotatable bonds is 8. The van der Waals surface area contributed by atoms with Crippen LogP contribution in [0.5, 0.6) is 23.0 Å². The van der Waals surface area contributed by atoms with Gasteiger partial charge < -0.3 is 24.3 Å². The Kier molecular flexibility index (Phi) is 7.35. The Hall–Kier alpha value is -3.00. The monoisotopic (exact) mass is 439 g/mol. The Morgan fingerprint density at radius 2 is 2.03 bits per heavy atom. The Morgan fingerprint density at radius 3 is 2.80 bits per heavy atom. The van der Waals surface area contributed by atoms with Crippen LogP contribution in [-0.4, -0.2) is 39.4 Å². The number of hydrogen-bond acceptors (Lipinski definition) is 5. The molecule has 0 aliphatic carbocycles. The smallest absolute Gasteiger partial charge is 0.387 e. The predicted octanol–water partition coefficient (Wildman–Crippen LogP) is 4.09. The summed E-state index contributed by atoms with van der Waals surface area (Å²) < 4.78 is 45.2. The standard InChI is InChI=1S/C21H20ClF2NO5/c1-27-17-11-13(2-4-16(17)30-21(23)24)6-7-25-19(26)5-3-14-10-15(22)20-18(12-14)28-8-9-29-20/h2-5,10-12,21H,6-9H2,1H3,(H,25,26)/b5-3+. The molecule has 0 spiro atoms. The van der Waals surface area contributed by atoms with E-state index in [2.05, 4.69) is 10.1 Å². The summed E-state index contributed by atoms with van der Waals surface area (Å²) in [5, 5.41) is 3.17. The lowest BCUT2D eigenvalue weighted by molar-refractivity contribution is -0.116. The van der Waals surface area contributed by atoms with Crippen LogP contribution < -0.4 is 24.3 Å². The maximum absolute atomic E-state index is 12.4. The average Bonchev–Trinajstić information content (AvgIpc) is 2.73. The normalized spacial score (nSPS) is 12.8. The van der Waals surface area contributed by atoms with Gasteiger partial charge in [-0.15, -0.1) is 0 Å². The molecule has 1 amide bonds. The lowest BCUT2D eigenvalue weighted by atomic mass is 10.1. The molecule has 6 nitrogen and oxygen atoms in total. The SMILES string of the molecule is COc1cc(CCNC(=O)/C=C/c2cc(Cl)c3c(c2)OCCO3)ccc1OC(F)F. The molecule has 2 aromatic carbocycles. The van der Waals surface area contributed by atoms with Crippen molar-refractivity contribution in [2.45, 2.75) is 13.0 Å². The highest BCUT2D eigenvalue weighted by Crippen LogP contribution is 2.38. The Balaban J connectivity index is 1.53. The summed E-state index contributed by atoms with van der Waals surface area (Å²) in [7, 11) is 1.37. The number of methoxy groups -OCH3 is 1. The largest absolute Gasteiger partial charge is 0.493 e. The molecule has 30 heavy (non-hydrogen) atoms. The van der Waals surface area contributed by atoms with Gasteiger partial charge in [-0.3, -0.25) is 4.79 Å². The van der Waals surface area contributed by atoms with E-state index in [1.807, 2.05) is 0 Å². The van der Waals surface area contributed by atoms with Gasteiger partial charge in [0.25, 0.3) is 0 Å². The molecule has 9 heteroatoms. The van der Waals surface area contributed by atoms with Gasteiger partial charge in [0.05, 0.1) is 12.1 Å². The summed E-state index contributed by atoms with van der Waals surface area (Å²) in [4.78, 5) is 12.1. The van der Waals surface area contributed by atoms with E-state index in [0.717, 1.165) is 5.56 Å². The van der Waals surface area contributed by atoms with Crippen molar-refractivity contribution in [1.29, 1.82) is 0 Å². The lowest BCUT2D eigenvalue weighted by Gasteiger charge is -2.19. The number of fused-ring (bicyclic) bond motifs is 1. The van der Waals surface area contributed by atoms with Gasteiger partial charge in [0.1, 0.15) is 13.2 Å². The van der Waals surface area contributed by atoms with Crippen molar-refractivity contribution in [2.24, 2.45) is 0 Å². The van der Waals surface area contributed by atoms with E-state index < -0.39 is 6.61 Å². The lowest BCUT2D eigenvalue weighted by Crippen LogP contribution is -2.23. The van der Waals surface area contributed by atoms with E-state index >= 15 is 0 Å². The molecule has 160 valence electrons. The van der Waals surface area contributed by atoms with Gasteiger partial charge in [-0.25, -0.2) is 0 Å². The second-order valence-electron chi connectivity index (χ2n) is 6.26. The fraction of sp³-hybridized carbons (Fsp3) is 0.286. The third-order valence-electron chi connectivity index (χ3n) is 4.20. The van der Waals surface area contributed by atoms with Crippen molar-refractivity contribution < 1.29 is 32.5 Å². The van der Waals surface area contributed by atoms with E-state index in [-0.39, 0.29) is 17.4 Å². The second-order valence-corrected chi connectivity index (χ2v) is 6.67. The maximum atomic E-state index is 12.4. The first-order valence-electron chi connectivity index (χ1n) is 9.13. The van der Waals surface area contributed by atoms with Gasteiger partial charge in [0.15, 0.2) is 23.0 Å². The van der Waals surface area contributed by atoms with Gasteiger partial charge in [0, 0.05) is 12.6 Å². The molecule has 0 atom stereocenters. The van der Waals surface area contributed by atoms with Crippen LogP contribution in [0.1, 0.15) is 11.1 Å². The number of halogens is 3. The van der Waals surface area contributed by atoms with Gasteiger partial charge >= 0.3 is 6.61 Å². The fourth-order valence-corrected chi connectivity index (χ4v) is 3.12. The zero-order valence-electron chi connectivity index (χ0n) is 16.1.